The first-order valence-electron chi connectivity index (χ1n) is 8.04. The van der Waals surface area contributed by atoms with E-state index in [1.807, 2.05) is 0 Å². The van der Waals surface area contributed by atoms with Gasteiger partial charge >= 0.3 is 0 Å². The molecule has 1 saturated heterocycles. The van der Waals surface area contributed by atoms with E-state index in [9.17, 15) is 4.39 Å². The molecule has 1 aromatic rings. The van der Waals surface area contributed by atoms with Crippen LogP contribution in [0.2, 0.25) is 0 Å². The lowest BCUT2D eigenvalue weighted by molar-refractivity contribution is -0.00777. The third-order valence-corrected chi connectivity index (χ3v) is 4.58. The summed E-state index contributed by atoms with van der Waals surface area (Å²) in [6.45, 7) is 16.1. The van der Waals surface area contributed by atoms with Gasteiger partial charge in [0, 0.05) is 30.7 Å². The van der Waals surface area contributed by atoms with Crippen LogP contribution in [0.1, 0.15) is 47.1 Å². The van der Waals surface area contributed by atoms with Crippen LogP contribution in [0.5, 0.6) is 0 Å². The van der Waals surface area contributed by atoms with E-state index in [-0.39, 0.29) is 17.1 Å². The summed E-state index contributed by atoms with van der Waals surface area (Å²) >= 11 is 0. The first kappa shape index (κ1) is 17.4. The van der Waals surface area contributed by atoms with Crippen LogP contribution < -0.4 is 0 Å². The summed E-state index contributed by atoms with van der Waals surface area (Å²) < 4.78 is 19.1. The first-order valence-corrected chi connectivity index (χ1v) is 8.04. The van der Waals surface area contributed by atoms with Crippen molar-refractivity contribution in [3.8, 4) is 0 Å². The standard InChI is InChI=1S/C18H29FN2O/c1-17(2,3)14-10-21(18(4,5)6)11-15(14)22-12-13-7-8-16(19)20-9-13/h7-9,14-15H,10-12H2,1-6H3/t14?,15-/m0/s1. The molecule has 1 aliphatic heterocycles. The Kier molecular flexibility index (Phi) is 4.93. The van der Waals surface area contributed by atoms with Crippen LogP contribution >= 0.6 is 0 Å². The van der Waals surface area contributed by atoms with Gasteiger partial charge in [-0.1, -0.05) is 26.8 Å². The Morgan fingerprint density at radius 1 is 1.18 bits per heavy atom. The summed E-state index contributed by atoms with van der Waals surface area (Å²) in [6, 6.07) is 3.13. The molecule has 1 aliphatic rings. The van der Waals surface area contributed by atoms with E-state index in [2.05, 4.69) is 51.4 Å². The number of ether oxygens (including phenoxy) is 1. The average molecular weight is 308 g/mol. The van der Waals surface area contributed by atoms with Crippen molar-refractivity contribution in [2.75, 3.05) is 13.1 Å². The van der Waals surface area contributed by atoms with E-state index in [4.69, 9.17) is 4.74 Å². The van der Waals surface area contributed by atoms with Crippen molar-refractivity contribution >= 4 is 0 Å². The fraction of sp³-hybridized carbons (Fsp3) is 0.722. The second-order valence-electron chi connectivity index (χ2n) is 8.39. The predicted octanol–water partition coefficient (Wildman–Crippen LogP) is 3.88. The van der Waals surface area contributed by atoms with E-state index < -0.39 is 5.95 Å². The number of nitrogens with zero attached hydrogens (tertiary/aromatic N) is 2. The molecule has 1 aromatic heterocycles. The van der Waals surface area contributed by atoms with Crippen molar-refractivity contribution in [2.45, 2.75) is 59.8 Å². The molecule has 0 aromatic carbocycles. The number of likely N-dealkylation sites (tertiary alicyclic amines) is 1. The highest BCUT2D eigenvalue weighted by molar-refractivity contribution is 5.08. The Hall–Kier alpha value is -1.00. The Labute approximate surface area is 133 Å². The minimum Gasteiger partial charge on any atom is -0.372 e. The molecule has 0 N–H and O–H groups in total. The molecule has 124 valence electrons. The summed E-state index contributed by atoms with van der Waals surface area (Å²) in [5.74, 6) is 0.0382. The normalized spacial score (nSPS) is 24.0. The van der Waals surface area contributed by atoms with Crippen molar-refractivity contribution in [2.24, 2.45) is 11.3 Å². The zero-order valence-corrected chi connectivity index (χ0v) is 14.7. The highest BCUT2D eigenvalue weighted by Gasteiger charge is 2.43. The Morgan fingerprint density at radius 3 is 2.36 bits per heavy atom. The van der Waals surface area contributed by atoms with Gasteiger partial charge in [-0.15, -0.1) is 0 Å². The molecule has 0 spiro atoms. The summed E-state index contributed by atoms with van der Waals surface area (Å²) in [5.41, 5.74) is 1.27. The molecule has 0 amide bonds. The maximum atomic E-state index is 12.9. The van der Waals surface area contributed by atoms with Gasteiger partial charge in [0.2, 0.25) is 5.95 Å². The third-order valence-electron chi connectivity index (χ3n) is 4.58. The molecule has 1 fully saturated rings. The number of aromatic nitrogens is 1. The maximum Gasteiger partial charge on any atom is 0.212 e. The largest absolute Gasteiger partial charge is 0.372 e. The van der Waals surface area contributed by atoms with Crippen molar-refractivity contribution in [3.05, 3.63) is 29.8 Å². The van der Waals surface area contributed by atoms with Gasteiger partial charge in [-0.05, 0) is 37.8 Å². The lowest BCUT2D eigenvalue weighted by atomic mass is 9.79. The van der Waals surface area contributed by atoms with Crippen molar-refractivity contribution < 1.29 is 9.13 Å². The van der Waals surface area contributed by atoms with Crippen LogP contribution in [-0.2, 0) is 11.3 Å². The SMILES string of the molecule is CC(C)(C)C1CN(C(C)(C)C)C[C@@H]1OCc1ccc(F)nc1. The maximum absolute atomic E-state index is 12.9. The fourth-order valence-corrected chi connectivity index (χ4v) is 3.02. The van der Waals surface area contributed by atoms with Gasteiger partial charge in [0.15, 0.2) is 0 Å². The predicted molar refractivity (Wildman–Crippen MR) is 87.0 cm³/mol. The van der Waals surface area contributed by atoms with Gasteiger partial charge in [0.25, 0.3) is 0 Å². The molecule has 1 unspecified atom stereocenters. The number of rotatable bonds is 3. The first-order chi connectivity index (χ1) is 10.1. The van der Waals surface area contributed by atoms with E-state index in [1.54, 1.807) is 12.3 Å². The van der Waals surface area contributed by atoms with E-state index in [1.165, 1.54) is 6.07 Å². The lowest BCUT2D eigenvalue weighted by Gasteiger charge is -2.33. The average Bonchev–Trinajstić information content (AvgIpc) is 2.82. The lowest BCUT2D eigenvalue weighted by Crippen LogP contribution is -2.40. The zero-order chi connectivity index (χ0) is 16.5. The Bertz CT molecular complexity index is 487. The Morgan fingerprint density at radius 2 is 1.86 bits per heavy atom. The van der Waals surface area contributed by atoms with E-state index in [0.717, 1.165) is 18.7 Å². The highest BCUT2D eigenvalue weighted by atomic mass is 19.1. The van der Waals surface area contributed by atoms with Crippen LogP contribution in [0.25, 0.3) is 0 Å². The number of hydrogen-bond donors (Lipinski definition) is 0. The smallest absolute Gasteiger partial charge is 0.212 e. The van der Waals surface area contributed by atoms with E-state index >= 15 is 0 Å². The van der Waals surface area contributed by atoms with Crippen LogP contribution in [0.3, 0.4) is 0 Å². The number of pyridine rings is 1. The van der Waals surface area contributed by atoms with Gasteiger partial charge in [0.1, 0.15) is 0 Å². The molecule has 3 nitrogen and oxygen atoms in total. The molecule has 22 heavy (non-hydrogen) atoms. The zero-order valence-electron chi connectivity index (χ0n) is 14.7. The molecule has 0 radical (unpaired) electrons. The van der Waals surface area contributed by atoms with Gasteiger partial charge in [-0.25, -0.2) is 4.98 Å². The topological polar surface area (TPSA) is 25.4 Å². The molecule has 2 rings (SSSR count). The molecule has 0 aliphatic carbocycles. The third kappa shape index (κ3) is 4.26. The summed E-state index contributed by atoms with van der Waals surface area (Å²) in [6.07, 6.45) is 1.75. The second-order valence-corrected chi connectivity index (χ2v) is 8.39. The van der Waals surface area contributed by atoms with Gasteiger partial charge in [-0.2, -0.15) is 4.39 Å². The van der Waals surface area contributed by atoms with Crippen LogP contribution in [0.4, 0.5) is 4.39 Å². The monoisotopic (exact) mass is 308 g/mol. The fourth-order valence-electron chi connectivity index (χ4n) is 3.02. The summed E-state index contributed by atoms with van der Waals surface area (Å²) in [7, 11) is 0. The molecule has 2 atom stereocenters. The molecular weight excluding hydrogens is 279 g/mol. The number of halogens is 1. The van der Waals surface area contributed by atoms with Gasteiger partial charge in [0.05, 0.1) is 12.7 Å². The van der Waals surface area contributed by atoms with Crippen molar-refractivity contribution in [3.63, 3.8) is 0 Å². The molecule has 0 saturated carbocycles. The van der Waals surface area contributed by atoms with Crippen molar-refractivity contribution in [1.82, 2.24) is 9.88 Å². The number of hydrogen-bond acceptors (Lipinski definition) is 3. The minimum atomic E-state index is -0.448. The van der Waals surface area contributed by atoms with Crippen LogP contribution in [0, 0.1) is 17.3 Å². The second kappa shape index (κ2) is 6.25. The summed E-state index contributed by atoms with van der Waals surface area (Å²) in [4.78, 5) is 6.19. The minimum absolute atomic E-state index is 0.152. The van der Waals surface area contributed by atoms with Gasteiger partial charge in [-0.3, -0.25) is 4.90 Å². The molecule has 0 bridgehead atoms. The van der Waals surface area contributed by atoms with Crippen molar-refractivity contribution in [1.29, 1.82) is 0 Å². The quantitative estimate of drug-likeness (QED) is 0.792. The highest BCUT2D eigenvalue weighted by Crippen LogP contribution is 2.38. The Balaban J connectivity index is 2.04. The van der Waals surface area contributed by atoms with E-state index in [0.29, 0.717) is 12.5 Å². The molecule has 2 heterocycles. The van der Waals surface area contributed by atoms with Crippen LogP contribution in [0.15, 0.2) is 18.3 Å². The molecular formula is C18H29FN2O. The summed E-state index contributed by atoms with van der Waals surface area (Å²) in [5, 5.41) is 0. The van der Waals surface area contributed by atoms with Gasteiger partial charge < -0.3 is 4.74 Å². The molecule has 4 heteroatoms. The van der Waals surface area contributed by atoms with Crippen LogP contribution in [-0.4, -0.2) is 34.6 Å².